The van der Waals surface area contributed by atoms with Gasteiger partial charge in [-0.25, -0.2) is 4.79 Å². The Morgan fingerprint density at radius 2 is 2.06 bits per heavy atom. The van der Waals surface area contributed by atoms with Crippen LogP contribution in [0.15, 0.2) is 33.6 Å². The van der Waals surface area contributed by atoms with Crippen molar-refractivity contribution in [1.29, 1.82) is 0 Å². The molecule has 1 saturated carbocycles. The monoisotopic (exact) mass is 226 g/mol. The van der Waals surface area contributed by atoms with Crippen molar-refractivity contribution < 1.29 is 4.52 Å². The third-order valence-electron chi connectivity index (χ3n) is 2.60. The Kier molecular flexibility index (Phi) is 2.30. The first kappa shape index (κ1) is 9.91. The molecule has 0 radical (unpaired) electrons. The van der Waals surface area contributed by atoms with Crippen LogP contribution < -0.4 is 5.76 Å². The fourth-order valence-corrected chi connectivity index (χ4v) is 1.48. The summed E-state index contributed by atoms with van der Waals surface area (Å²) in [6.07, 6.45) is 2.45. The number of rotatable bonds is 1. The summed E-state index contributed by atoms with van der Waals surface area (Å²) in [6.45, 7) is 0. The van der Waals surface area contributed by atoms with Crippen molar-refractivity contribution in [3.05, 3.63) is 40.4 Å². The Balaban J connectivity index is 1.85. The molecule has 3 rings (SSSR count). The van der Waals surface area contributed by atoms with Gasteiger partial charge in [0.25, 0.3) is 0 Å². The van der Waals surface area contributed by atoms with Crippen LogP contribution in [0.3, 0.4) is 0 Å². The molecule has 1 aromatic carbocycles. The summed E-state index contributed by atoms with van der Waals surface area (Å²) in [7, 11) is 0. The fourth-order valence-electron chi connectivity index (χ4n) is 1.48. The smallest absolute Gasteiger partial charge is 0.296 e. The van der Waals surface area contributed by atoms with Gasteiger partial charge < -0.3 is 0 Å². The number of nitrogens with one attached hydrogen (secondary N) is 1. The molecule has 17 heavy (non-hydrogen) atoms. The van der Waals surface area contributed by atoms with Crippen molar-refractivity contribution >= 4 is 0 Å². The van der Waals surface area contributed by atoms with Gasteiger partial charge in [-0.2, -0.15) is 0 Å². The van der Waals surface area contributed by atoms with Gasteiger partial charge in [-0.15, -0.1) is 0 Å². The summed E-state index contributed by atoms with van der Waals surface area (Å²) in [5.74, 6) is 6.82. The second-order valence-electron chi connectivity index (χ2n) is 4.06. The third kappa shape index (κ3) is 2.28. The molecule has 1 aliphatic carbocycles. The topological polar surface area (TPSA) is 58.9 Å². The minimum Gasteiger partial charge on any atom is -0.296 e. The van der Waals surface area contributed by atoms with Gasteiger partial charge in [-0.05, 0) is 37.1 Å². The van der Waals surface area contributed by atoms with E-state index in [-0.39, 0.29) is 0 Å². The van der Waals surface area contributed by atoms with E-state index in [4.69, 9.17) is 0 Å². The van der Waals surface area contributed by atoms with Gasteiger partial charge in [0.15, 0.2) is 5.82 Å². The van der Waals surface area contributed by atoms with E-state index in [1.807, 2.05) is 24.3 Å². The molecule has 2 aromatic rings. The van der Waals surface area contributed by atoms with E-state index in [0.29, 0.717) is 11.7 Å². The average Bonchev–Trinajstić information content (AvgIpc) is 3.09. The zero-order valence-corrected chi connectivity index (χ0v) is 9.06. The first-order valence-electron chi connectivity index (χ1n) is 5.49. The van der Waals surface area contributed by atoms with Gasteiger partial charge in [0.1, 0.15) is 0 Å². The van der Waals surface area contributed by atoms with Crippen molar-refractivity contribution in [2.24, 2.45) is 5.92 Å². The zero-order valence-electron chi connectivity index (χ0n) is 9.06. The van der Waals surface area contributed by atoms with Crippen molar-refractivity contribution in [2.75, 3.05) is 0 Å². The van der Waals surface area contributed by atoms with E-state index < -0.39 is 5.76 Å². The van der Waals surface area contributed by atoms with Crippen molar-refractivity contribution in [2.45, 2.75) is 12.8 Å². The zero-order chi connectivity index (χ0) is 11.7. The Hall–Kier alpha value is -2.28. The van der Waals surface area contributed by atoms with Crippen molar-refractivity contribution in [3.63, 3.8) is 0 Å². The summed E-state index contributed by atoms with van der Waals surface area (Å²) in [6, 6.07) is 7.56. The first-order chi connectivity index (χ1) is 8.31. The molecule has 4 nitrogen and oxygen atoms in total. The number of hydrogen-bond donors (Lipinski definition) is 1. The highest BCUT2D eigenvalue weighted by Crippen LogP contribution is 2.27. The summed E-state index contributed by atoms with van der Waals surface area (Å²) in [5, 5.41) is 3.62. The minimum atomic E-state index is -0.544. The van der Waals surface area contributed by atoms with Gasteiger partial charge in [-0.3, -0.25) is 9.51 Å². The van der Waals surface area contributed by atoms with Gasteiger partial charge in [0.2, 0.25) is 0 Å². The molecule has 0 unspecified atom stereocenters. The molecule has 0 spiro atoms. The lowest BCUT2D eigenvalue weighted by Crippen LogP contribution is -1.94. The highest BCUT2D eigenvalue weighted by atomic mass is 16.5. The maximum atomic E-state index is 10.8. The second kappa shape index (κ2) is 3.95. The van der Waals surface area contributed by atoms with E-state index in [1.54, 1.807) is 0 Å². The van der Waals surface area contributed by atoms with Crippen LogP contribution in [0.2, 0.25) is 0 Å². The molecule has 84 valence electrons. The van der Waals surface area contributed by atoms with Crippen LogP contribution in [0.25, 0.3) is 11.4 Å². The number of hydrogen-bond acceptors (Lipinski definition) is 3. The van der Waals surface area contributed by atoms with Gasteiger partial charge in [0, 0.05) is 17.0 Å². The van der Waals surface area contributed by atoms with E-state index in [9.17, 15) is 4.79 Å². The Labute approximate surface area is 97.7 Å². The van der Waals surface area contributed by atoms with Crippen molar-refractivity contribution in [3.8, 4) is 23.2 Å². The molecular weight excluding hydrogens is 216 g/mol. The molecule has 0 amide bonds. The lowest BCUT2D eigenvalue weighted by molar-refractivity contribution is 0.388. The van der Waals surface area contributed by atoms with Crippen LogP contribution in [-0.4, -0.2) is 10.1 Å². The maximum Gasteiger partial charge on any atom is 0.439 e. The summed E-state index contributed by atoms with van der Waals surface area (Å²) in [5.41, 5.74) is 1.79. The quantitative estimate of drug-likeness (QED) is 0.754. The van der Waals surface area contributed by atoms with E-state index in [0.717, 1.165) is 11.1 Å². The average molecular weight is 226 g/mol. The highest BCUT2D eigenvalue weighted by Gasteiger charge is 2.17. The second-order valence-corrected chi connectivity index (χ2v) is 4.06. The number of H-pyrrole nitrogens is 1. The molecule has 0 saturated heterocycles. The largest absolute Gasteiger partial charge is 0.439 e. The van der Waals surface area contributed by atoms with Crippen LogP contribution in [0.1, 0.15) is 18.4 Å². The van der Waals surface area contributed by atoms with E-state index >= 15 is 0 Å². The number of aromatic nitrogens is 2. The normalized spacial score (nSPS) is 14.1. The molecule has 1 aliphatic rings. The highest BCUT2D eigenvalue weighted by molar-refractivity contribution is 5.55. The van der Waals surface area contributed by atoms with Gasteiger partial charge in [0.05, 0.1) is 0 Å². The number of aromatic amines is 1. The molecule has 4 heteroatoms. The molecular formula is C13H10N2O2. The van der Waals surface area contributed by atoms with Gasteiger partial charge >= 0.3 is 5.76 Å². The van der Waals surface area contributed by atoms with Crippen LogP contribution in [-0.2, 0) is 0 Å². The predicted molar refractivity (Wildman–Crippen MR) is 62.2 cm³/mol. The Bertz CT molecular complexity index is 636. The lowest BCUT2D eigenvalue weighted by Gasteiger charge is -1.94. The van der Waals surface area contributed by atoms with Gasteiger partial charge in [-0.1, -0.05) is 17.0 Å². The fraction of sp³-hybridized carbons (Fsp3) is 0.231. The Morgan fingerprint density at radius 3 is 2.65 bits per heavy atom. The van der Waals surface area contributed by atoms with Crippen LogP contribution >= 0.6 is 0 Å². The first-order valence-corrected chi connectivity index (χ1v) is 5.49. The number of nitrogens with zero attached hydrogens (tertiary/aromatic N) is 1. The van der Waals surface area contributed by atoms with Crippen LogP contribution in [0.4, 0.5) is 0 Å². The van der Waals surface area contributed by atoms with E-state index in [2.05, 4.69) is 26.5 Å². The van der Waals surface area contributed by atoms with E-state index in [1.165, 1.54) is 12.8 Å². The molecule has 1 N–H and O–H groups in total. The SMILES string of the molecule is O=c1[nH]c(-c2ccc(C#CC3CC3)cc2)no1. The van der Waals surface area contributed by atoms with Crippen LogP contribution in [0, 0.1) is 17.8 Å². The molecule has 1 heterocycles. The number of benzene rings is 1. The van der Waals surface area contributed by atoms with Crippen LogP contribution in [0.5, 0.6) is 0 Å². The summed E-state index contributed by atoms with van der Waals surface area (Å²) >= 11 is 0. The maximum absolute atomic E-state index is 10.8. The third-order valence-corrected chi connectivity index (χ3v) is 2.60. The molecule has 0 bridgehead atoms. The molecule has 1 fully saturated rings. The standard InChI is InChI=1S/C13H10N2O2/c16-13-14-12(15-17-13)11-7-5-10(6-8-11)4-3-9-1-2-9/h5-9H,1-2H2,(H,14,15,16). The summed E-state index contributed by atoms with van der Waals surface area (Å²) in [4.78, 5) is 13.3. The van der Waals surface area contributed by atoms with Crippen molar-refractivity contribution in [1.82, 2.24) is 10.1 Å². The minimum absolute atomic E-state index is 0.441. The summed E-state index contributed by atoms with van der Waals surface area (Å²) < 4.78 is 4.45. The molecule has 0 aliphatic heterocycles. The molecule has 0 atom stereocenters. The molecule has 1 aromatic heterocycles. The lowest BCUT2D eigenvalue weighted by atomic mass is 10.1. The predicted octanol–water partition coefficient (Wildman–Crippen LogP) is 1.79. The Morgan fingerprint density at radius 1 is 1.29 bits per heavy atom.